The summed E-state index contributed by atoms with van der Waals surface area (Å²) in [5.74, 6) is -1.83. The third-order valence-electron chi connectivity index (χ3n) is 2.36. The number of esters is 1. The molecule has 0 saturated carbocycles. The number of rotatable bonds is 6. The van der Waals surface area contributed by atoms with Crippen molar-refractivity contribution in [3.05, 3.63) is 35.9 Å². The molecule has 6 nitrogen and oxygen atoms in total. The second-order valence-electron chi connectivity index (χ2n) is 3.80. The highest BCUT2D eigenvalue weighted by atomic mass is 16.5. The Balaban J connectivity index is 2.66. The van der Waals surface area contributed by atoms with Gasteiger partial charge in [0.2, 0.25) is 5.91 Å². The van der Waals surface area contributed by atoms with E-state index in [9.17, 15) is 14.4 Å². The number of carbonyl (C=O) groups excluding carboxylic acids is 3. The molecule has 19 heavy (non-hydrogen) atoms. The second kappa shape index (κ2) is 7.15. The van der Waals surface area contributed by atoms with Gasteiger partial charge in [0.1, 0.15) is 6.04 Å². The summed E-state index contributed by atoms with van der Waals surface area (Å²) in [5, 5.41) is 2.41. The molecule has 1 atom stereocenters. The Morgan fingerprint density at radius 1 is 1.26 bits per heavy atom. The van der Waals surface area contributed by atoms with E-state index in [2.05, 4.69) is 5.32 Å². The van der Waals surface area contributed by atoms with E-state index in [0.717, 1.165) is 0 Å². The van der Waals surface area contributed by atoms with Crippen LogP contribution < -0.4 is 11.1 Å². The highest BCUT2D eigenvalue weighted by Crippen LogP contribution is 2.01. The van der Waals surface area contributed by atoms with Crippen molar-refractivity contribution in [2.45, 2.75) is 19.4 Å². The highest BCUT2D eigenvalue weighted by Gasteiger charge is 2.22. The normalized spacial score (nSPS) is 11.4. The van der Waals surface area contributed by atoms with Crippen molar-refractivity contribution in [2.24, 2.45) is 5.73 Å². The fourth-order valence-corrected chi connectivity index (χ4v) is 1.44. The molecule has 0 fully saturated rings. The van der Waals surface area contributed by atoms with Gasteiger partial charge in [0.05, 0.1) is 13.0 Å². The van der Waals surface area contributed by atoms with Crippen molar-refractivity contribution in [1.29, 1.82) is 0 Å². The average molecular weight is 264 g/mol. The van der Waals surface area contributed by atoms with Gasteiger partial charge in [-0.2, -0.15) is 0 Å². The molecule has 1 aromatic rings. The Kier molecular flexibility index (Phi) is 5.53. The van der Waals surface area contributed by atoms with Crippen LogP contribution in [-0.2, 0) is 14.3 Å². The Labute approximate surface area is 110 Å². The quantitative estimate of drug-likeness (QED) is 0.718. The Bertz CT molecular complexity index is 459. The van der Waals surface area contributed by atoms with Crippen molar-refractivity contribution in [3.63, 3.8) is 0 Å². The minimum absolute atomic E-state index is 0.205. The molecule has 6 heteroatoms. The van der Waals surface area contributed by atoms with Gasteiger partial charge in [-0.25, -0.2) is 0 Å². The van der Waals surface area contributed by atoms with Gasteiger partial charge in [0, 0.05) is 5.56 Å². The van der Waals surface area contributed by atoms with Crippen LogP contribution in [0.3, 0.4) is 0 Å². The van der Waals surface area contributed by atoms with Gasteiger partial charge in [-0.05, 0) is 19.1 Å². The molecule has 0 aromatic heterocycles. The largest absolute Gasteiger partial charge is 0.466 e. The fourth-order valence-electron chi connectivity index (χ4n) is 1.44. The van der Waals surface area contributed by atoms with Gasteiger partial charge in [0.15, 0.2) is 0 Å². The molecular weight excluding hydrogens is 248 g/mol. The molecule has 0 unspecified atom stereocenters. The zero-order valence-electron chi connectivity index (χ0n) is 10.6. The number of carbonyl (C=O) groups is 3. The van der Waals surface area contributed by atoms with Crippen molar-refractivity contribution in [2.75, 3.05) is 6.61 Å². The molecule has 0 saturated heterocycles. The zero-order chi connectivity index (χ0) is 14.3. The molecule has 0 bridgehead atoms. The number of amides is 2. The topological polar surface area (TPSA) is 98.5 Å². The summed E-state index contributed by atoms with van der Waals surface area (Å²) in [6, 6.07) is 7.27. The lowest BCUT2D eigenvalue weighted by atomic mass is 10.1. The monoisotopic (exact) mass is 264 g/mol. The standard InChI is InChI=1S/C13H16N2O4/c1-2-19-11(16)8-10(12(14)17)15-13(18)9-6-4-3-5-7-9/h3-7,10H,2,8H2,1H3,(H2,14,17)(H,15,18)/t10-/m1/s1. The minimum atomic E-state index is -1.08. The maximum Gasteiger partial charge on any atom is 0.308 e. The smallest absolute Gasteiger partial charge is 0.308 e. The predicted octanol–water partition coefficient (Wildman–Crippen LogP) is 0.223. The van der Waals surface area contributed by atoms with E-state index in [0.29, 0.717) is 5.56 Å². The Morgan fingerprint density at radius 3 is 2.42 bits per heavy atom. The first kappa shape index (κ1) is 14.7. The Hall–Kier alpha value is -2.37. The van der Waals surface area contributed by atoms with E-state index in [-0.39, 0.29) is 13.0 Å². The number of ether oxygens (including phenoxy) is 1. The first-order chi connectivity index (χ1) is 9.04. The van der Waals surface area contributed by atoms with Crippen molar-refractivity contribution < 1.29 is 19.1 Å². The van der Waals surface area contributed by atoms with Gasteiger partial charge >= 0.3 is 5.97 Å². The molecule has 1 aromatic carbocycles. The first-order valence-corrected chi connectivity index (χ1v) is 5.85. The van der Waals surface area contributed by atoms with E-state index >= 15 is 0 Å². The van der Waals surface area contributed by atoms with E-state index < -0.39 is 23.8 Å². The fraction of sp³-hybridized carbons (Fsp3) is 0.308. The number of nitrogens with two attached hydrogens (primary N) is 1. The number of hydrogen-bond donors (Lipinski definition) is 2. The molecule has 0 aliphatic heterocycles. The molecule has 2 amide bonds. The van der Waals surface area contributed by atoms with Crippen LogP contribution in [0.25, 0.3) is 0 Å². The van der Waals surface area contributed by atoms with Gasteiger partial charge in [-0.3, -0.25) is 14.4 Å². The SMILES string of the molecule is CCOC(=O)C[C@@H](NC(=O)c1ccccc1)C(N)=O. The first-order valence-electron chi connectivity index (χ1n) is 5.85. The third-order valence-corrected chi connectivity index (χ3v) is 2.36. The van der Waals surface area contributed by atoms with Gasteiger partial charge in [-0.1, -0.05) is 18.2 Å². The second-order valence-corrected chi connectivity index (χ2v) is 3.80. The van der Waals surface area contributed by atoms with Gasteiger partial charge < -0.3 is 15.8 Å². The van der Waals surface area contributed by atoms with Crippen LogP contribution in [0.5, 0.6) is 0 Å². The molecule has 0 heterocycles. The summed E-state index contributed by atoms with van der Waals surface area (Å²) < 4.78 is 4.71. The maximum atomic E-state index is 11.8. The molecule has 0 aliphatic rings. The van der Waals surface area contributed by atoms with Crippen LogP contribution in [0.15, 0.2) is 30.3 Å². The predicted molar refractivity (Wildman–Crippen MR) is 68.1 cm³/mol. The molecule has 3 N–H and O–H groups in total. The zero-order valence-corrected chi connectivity index (χ0v) is 10.6. The lowest BCUT2D eigenvalue weighted by Gasteiger charge is -2.14. The molecule has 0 spiro atoms. The molecule has 0 aliphatic carbocycles. The summed E-state index contributed by atoms with van der Waals surface area (Å²) in [4.78, 5) is 34.3. The van der Waals surface area contributed by atoms with Crippen LogP contribution in [0.1, 0.15) is 23.7 Å². The lowest BCUT2D eigenvalue weighted by molar-refractivity contribution is -0.145. The van der Waals surface area contributed by atoms with Crippen molar-refractivity contribution >= 4 is 17.8 Å². The van der Waals surface area contributed by atoms with Crippen LogP contribution in [0, 0.1) is 0 Å². The lowest BCUT2D eigenvalue weighted by Crippen LogP contribution is -2.45. The highest BCUT2D eigenvalue weighted by molar-refractivity contribution is 5.98. The van der Waals surface area contributed by atoms with E-state index in [4.69, 9.17) is 10.5 Å². The number of nitrogens with one attached hydrogen (secondary N) is 1. The molecule has 0 radical (unpaired) electrons. The van der Waals surface area contributed by atoms with Crippen LogP contribution in [0.2, 0.25) is 0 Å². The summed E-state index contributed by atoms with van der Waals surface area (Å²) in [5.41, 5.74) is 5.53. The van der Waals surface area contributed by atoms with Crippen LogP contribution >= 0.6 is 0 Å². The van der Waals surface area contributed by atoms with E-state index in [1.807, 2.05) is 0 Å². The van der Waals surface area contributed by atoms with Crippen LogP contribution in [-0.4, -0.2) is 30.4 Å². The Morgan fingerprint density at radius 2 is 1.89 bits per heavy atom. The maximum absolute atomic E-state index is 11.8. The summed E-state index contributed by atoms with van der Waals surface area (Å²) in [6.07, 6.45) is -0.276. The summed E-state index contributed by atoms with van der Waals surface area (Å²) in [7, 11) is 0. The van der Waals surface area contributed by atoms with Crippen molar-refractivity contribution in [1.82, 2.24) is 5.32 Å². The van der Waals surface area contributed by atoms with E-state index in [1.54, 1.807) is 37.3 Å². The number of hydrogen-bond acceptors (Lipinski definition) is 4. The average Bonchev–Trinajstić information content (AvgIpc) is 2.39. The number of primary amides is 1. The van der Waals surface area contributed by atoms with Crippen LogP contribution in [0.4, 0.5) is 0 Å². The van der Waals surface area contributed by atoms with Crippen molar-refractivity contribution in [3.8, 4) is 0 Å². The number of benzene rings is 1. The minimum Gasteiger partial charge on any atom is -0.466 e. The molecule has 1 rings (SSSR count). The summed E-state index contributed by atoms with van der Waals surface area (Å²) >= 11 is 0. The molecular formula is C13H16N2O4. The van der Waals surface area contributed by atoms with Gasteiger partial charge in [0.25, 0.3) is 5.91 Å². The van der Waals surface area contributed by atoms with Gasteiger partial charge in [-0.15, -0.1) is 0 Å². The molecule has 102 valence electrons. The van der Waals surface area contributed by atoms with E-state index in [1.165, 1.54) is 0 Å². The third kappa shape index (κ3) is 4.79. The summed E-state index contributed by atoms with van der Waals surface area (Å²) in [6.45, 7) is 1.86.